The van der Waals surface area contributed by atoms with Gasteiger partial charge >= 0.3 is 11.9 Å². The van der Waals surface area contributed by atoms with Gasteiger partial charge in [-0.05, 0) is 25.3 Å². The van der Waals surface area contributed by atoms with Crippen LogP contribution < -0.4 is 0 Å². The SMILES string of the molecule is F.F.F.F.F.F.F.F.O=C(O)C=CCCCCCC(O)(O)C=CC(=O)O. The summed E-state index contributed by atoms with van der Waals surface area (Å²) in [5.41, 5.74) is 0. The van der Waals surface area contributed by atoms with Crippen molar-refractivity contribution in [1.82, 2.24) is 0 Å². The molecular weight excluding hydrogens is 392 g/mol. The van der Waals surface area contributed by atoms with E-state index in [-0.39, 0.29) is 44.1 Å². The highest BCUT2D eigenvalue weighted by Gasteiger charge is 2.18. The third-order valence-corrected chi connectivity index (χ3v) is 2.17. The molecule has 6 nitrogen and oxygen atoms in total. The Hall–Kier alpha value is -2.22. The van der Waals surface area contributed by atoms with Crippen LogP contribution in [0.15, 0.2) is 24.3 Å². The monoisotopic (exact) mass is 418 g/mol. The second-order valence-electron chi connectivity index (χ2n) is 3.89. The third-order valence-electron chi connectivity index (χ3n) is 2.17. The molecule has 0 saturated heterocycles. The number of allylic oxidation sites excluding steroid dienone is 1. The van der Waals surface area contributed by atoms with Crippen LogP contribution in [0, 0.1) is 0 Å². The number of halogens is 8. The van der Waals surface area contributed by atoms with Gasteiger partial charge in [0.1, 0.15) is 0 Å². The van der Waals surface area contributed by atoms with E-state index in [1.807, 2.05) is 0 Å². The van der Waals surface area contributed by atoms with Crippen molar-refractivity contribution < 1.29 is 67.7 Å². The molecule has 0 radical (unpaired) electrons. The number of aliphatic carboxylic acids is 2. The minimum absolute atomic E-state index is 0. The van der Waals surface area contributed by atoms with Gasteiger partial charge in [0.25, 0.3) is 0 Å². The number of hydrogen-bond donors (Lipinski definition) is 4. The minimum Gasteiger partial charge on any atom is -0.478 e. The van der Waals surface area contributed by atoms with Gasteiger partial charge in [0.05, 0.1) is 0 Å². The molecule has 0 fully saturated rings. The predicted octanol–water partition coefficient (Wildman–Crippen LogP) is 2.12. The van der Waals surface area contributed by atoms with E-state index in [9.17, 15) is 19.8 Å². The Bertz CT molecular complexity index is 353. The molecule has 0 aromatic rings. The van der Waals surface area contributed by atoms with E-state index < -0.39 is 17.7 Å². The number of unbranched alkanes of at least 4 members (excludes halogenated alkanes) is 3. The Morgan fingerprint density at radius 2 is 1.12 bits per heavy atom. The van der Waals surface area contributed by atoms with E-state index in [0.29, 0.717) is 25.3 Å². The van der Waals surface area contributed by atoms with Crippen molar-refractivity contribution >= 4 is 11.9 Å². The van der Waals surface area contributed by atoms with Crippen LogP contribution in [0.1, 0.15) is 32.1 Å². The number of carboxylic acid groups (broad SMARTS) is 2. The van der Waals surface area contributed by atoms with E-state index in [2.05, 4.69) is 0 Å². The molecule has 0 rings (SSSR count). The molecule has 0 heterocycles. The molecule has 14 heteroatoms. The molecule has 0 saturated carbocycles. The summed E-state index contributed by atoms with van der Waals surface area (Å²) in [6.07, 6.45) is 6.74. The van der Waals surface area contributed by atoms with Crippen molar-refractivity contribution in [2.24, 2.45) is 0 Å². The summed E-state index contributed by atoms with van der Waals surface area (Å²) in [6, 6.07) is 0. The first-order valence-electron chi connectivity index (χ1n) is 5.60. The Morgan fingerprint density at radius 1 is 0.692 bits per heavy atom. The highest BCUT2D eigenvalue weighted by atomic mass is 19.0. The van der Waals surface area contributed by atoms with Gasteiger partial charge in [0.2, 0.25) is 0 Å². The van der Waals surface area contributed by atoms with Crippen LogP contribution in [0.3, 0.4) is 0 Å². The van der Waals surface area contributed by atoms with Gasteiger partial charge in [-0.15, -0.1) is 0 Å². The van der Waals surface area contributed by atoms with Crippen LogP contribution >= 0.6 is 0 Å². The van der Waals surface area contributed by atoms with Crippen molar-refractivity contribution in [1.29, 1.82) is 0 Å². The quantitative estimate of drug-likeness (QED) is 0.197. The lowest BCUT2D eigenvalue weighted by Gasteiger charge is -2.16. The number of aliphatic hydroxyl groups is 2. The fourth-order valence-electron chi connectivity index (χ4n) is 1.30. The summed E-state index contributed by atoms with van der Waals surface area (Å²) in [6.45, 7) is 0. The number of hydrogen-bond acceptors (Lipinski definition) is 4. The van der Waals surface area contributed by atoms with Crippen LogP contribution in [0.4, 0.5) is 37.6 Å². The number of rotatable bonds is 9. The summed E-state index contributed by atoms with van der Waals surface area (Å²) in [4.78, 5) is 20.3. The van der Waals surface area contributed by atoms with Gasteiger partial charge in [0.15, 0.2) is 5.79 Å². The standard InChI is InChI=1S/C12H18O6.8FH/c13-10(14)6-4-2-1-3-5-8-12(17,18)9-7-11(15)16;;;;;;;;/h4,6-7,9,17-18H,1-3,5,8H2,(H,13,14)(H,15,16);8*1H. The molecule has 0 aromatic carbocycles. The van der Waals surface area contributed by atoms with Crippen molar-refractivity contribution in [2.75, 3.05) is 0 Å². The summed E-state index contributed by atoms with van der Waals surface area (Å²) in [5, 5.41) is 35.3. The first-order valence-corrected chi connectivity index (χ1v) is 5.60. The molecule has 0 spiro atoms. The average Bonchev–Trinajstić information content (AvgIpc) is 2.25. The molecule has 0 aliphatic heterocycles. The molecule has 0 aliphatic carbocycles. The zero-order chi connectivity index (χ0) is 14.0. The highest BCUT2D eigenvalue weighted by molar-refractivity contribution is 5.80. The van der Waals surface area contributed by atoms with Crippen molar-refractivity contribution in [3.63, 3.8) is 0 Å². The van der Waals surface area contributed by atoms with E-state index in [4.69, 9.17) is 10.2 Å². The maximum Gasteiger partial charge on any atom is 0.328 e. The Balaban J connectivity index is -0.0000000516. The zero-order valence-corrected chi connectivity index (χ0v) is 13.2. The maximum absolute atomic E-state index is 10.2. The zero-order valence-electron chi connectivity index (χ0n) is 13.2. The van der Waals surface area contributed by atoms with Crippen molar-refractivity contribution in [3.05, 3.63) is 24.3 Å². The molecule has 0 bridgehead atoms. The third kappa shape index (κ3) is 43.1. The molecule has 4 N–H and O–H groups in total. The van der Waals surface area contributed by atoms with E-state index in [0.717, 1.165) is 18.6 Å². The predicted molar refractivity (Wildman–Crippen MR) is 83.8 cm³/mol. The maximum atomic E-state index is 10.2. The van der Waals surface area contributed by atoms with Gasteiger partial charge in [-0.25, -0.2) is 9.59 Å². The minimum atomic E-state index is -2.10. The van der Waals surface area contributed by atoms with E-state index in [1.165, 1.54) is 6.08 Å². The largest absolute Gasteiger partial charge is 0.478 e. The highest BCUT2D eigenvalue weighted by Crippen LogP contribution is 2.14. The fraction of sp³-hybridized carbons (Fsp3) is 0.500. The summed E-state index contributed by atoms with van der Waals surface area (Å²) < 4.78 is 0. The van der Waals surface area contributed by atoms with Crippen LogP contribution in [0.2, 0.25) is 0 Å². The molecule has 0 amide bonds. The fourth-order valence-corrected chi connectivity index (χ4v) is 1.30. The molecule has 0 atom stereocenters. The van der Waals surface area contributed by atoms with E-state index in [1.54, 1.807) is 0 Å². The molecule has 166 valence electrons. The molecular formula is C12H26F8O6. The van der Waals surface area contributed by atoms with Gasteiger partial charge < -0.3 is 20.4 Å². The first kappa shape index (κ1) is 56.5. The lowest BCUT2D eigenvalue weighted by atomic mass is 10.1. The van der Waals surface area contributed by atoms with E-state index >= 15 is 0 Å². The lowest BCUT2D eigenvalue weighted by molar-refractivity contribution is -0.134. The van der Waals surface area contributed by atoms with Crippen molar-refractivity contribution in [3.8, 4) is 0 Å². The van der Waals surface area contributed by atoms with Gasteiger partial charge in [-0.3, -0.25) is 37.6 Å². The lowest BCUT2D eigenvalue weighted by Crippen LogP contribution is -2.25. The molecule has 0 aliphatic rings. The second-order valence-corrected chi connectivity index (χ2v) is 3.89. The summed E-state index contributed by atoms with van der Waals surface area (Å²) in [7, 11) is 0. The van der Waals surface area contributed by atoms with Gasteiger partial charge in [-0.1, -0.05) is 12.5 Å². The Kier molecular flexibility index (Phi) is 66.6. The van der Waals surface area contributed by atoms with Crippen LogP contribution in [-0.4, -0.2) is 38.2 Å². The number of carboxylic acids is 2. The van der Waals surface area contributed by atoms with Gasteiger partial charge in [0, 0.05) is 18.6 Å². The second kappa shape index (κ2) is 30.6. The topological polar surface area (TPSA) is 115 Å². The molecule has 0 unspecified atom stereocenters. The van der Waals surface area contributed by atoms with Crippen LogP contribution in [0.25, 0.3) is 0 Å². The summed E-state index contributed by atoms with van der Waals surface area (Å²) in [5.74, 6) is -4.32. The molecule has 26 heavy (non-hydrogen) atoms. The summed E-state index contributed by atoms with van der Waals surface area (Å²) >= 11 is 0. The van der Waals surface area contributed by atoms with Crippen LogP contribution in [0.5, 0.6) is 0 Å². The van der Waals surface area contributed by atoms with Crippen LogP contribution in [-0.2, 0) is 9.59 Å². The van der Waals surface area contributed by atoms with Crippen molar-refractivity contribution in [2.45, 2.75) is 37.9 Å². The normalized spacial score (nSPS) is 8.54. The number of carbonyl (C=O) groups is 2. The van der Waals surface area contributed by atoms with Gasteiger partial charge in [-0.2, -0.15) is 0 Å². The Morgan fingerprint density at radius 3 is 1.50 bits per heavy atom. The Labute approximate surface area is 143 Å². The molecule has 0 aromatic heterocycles. The first-order chi connectivity index (χ1) is 8.33. The average molecular weight is 418 g/mol. The smallest absolute Gasteiger partial charge is 0.328 e.